The number of carbonyl (C=O) groups excluding carboxylic acids is 3. The Balaban J connectivity index is 0.000000281. The van der Waals surface area contributed by atoms with Crippen LogP contribution in [0.5, 0.6) is 0 Å². The predicted octanol–water partition coefficient (Wildman–Crippen LogP) is 11.5. The fraction of sp³-hybridized carbons (Fsp3) is 0.161. The first-order chi connectivity index (χ1) is 40.3. The SMILES string of the molecule is C.C.C.CN1C(C(=O)Nc2ccc(F)c(Cl)c2)=CC(c2ccc(Br)c(F)c2)=NS1(=O)=O.CN1C(C(=O)Nc2ccc(F)c(Cl)c2)=CC(c2ccc(C#N)c(F)c2)=NS1(=O)=O.CN1C(C(=O)Nc2ccc(F)c(Cl)c2)CC(c2ccc(C#N)c(F)c2)NS1(=O)=O. The highest BCUT2D eigenvalue weighted by atomic mass is 79.9. The van der Waals surface area contributed by atoms with Gasteiger partial charge in [0.05, 0.1) is 48.1 Å². The van der Waals surface area contributed by atoms with E-state index in [4.69, 9.17) is 45.3 Å². The van der Waals surface area contributed by atoms with Gasteiger partial charge in [-0.15, -0.1) is 8.80 Å². The number of hydrogen-bond donors (Lipinski definition) is 4. The number of nitrogens with zero attached hydrogens (tertiary/aromatic N) is 7. The summed E-state index contributed by atoms with van der Waals surface area (Å²) >= 11 is 20.1. The highest BCUT2D eigenvalue weighted by molar-refractivity contribution is 9.10. The number of rotatable bonds is 9. The highest BCUT2D eigenvalue weighted by Crippen LogP contribution is 2.32. The van der Waals surface area contributed by atoms with Crippen molar-refractivity contribution in [3.05, 3.63) is 215 Å². The van der Waals surface area contributed by atoms with Crippen LogP contribution >= 0.6 is 50.7 Å². The Morgan fingerprint density at radius 1 is 0.562 bits per heavy atom. The molecule has 33 heteroatoms. The number of likely N-dealkylation sites (N-methyl/N-ethyl adjacent to an activating group) is 3. The number of nitrogens with one attached hydrogen (secondary N) is 4. The summed E-state index contributed by atoms with van der Waals surface area (Å²) in [6.45, 7) is 0. The van der Waals surface area contributed by atoms with Crippen molar-refractivity contribution < 1.29 is 66.0 Å². The number of nitriles is 2. The molecule has 3 heterocycles. The number of anilines is 3. The van der Waals surface area contributed by atoms with Crippen LogP contribution in [0, 0.1) is 57.6 Å². The maximum absolute atomic E-state index is 14.0. The van der Waals surface area contributed by atoms with Gasteiger partial charge in [0, 0.05) is 49.3 Å². The zero-order valence-corrected chi connectivity index (χ0v) is 50.0. The van der Waals surface area contributed by atoms with Crippen LogP contribution in [-0.4, -0.2) is 94.5 Å². The van der Waals surface area contributed by atoms with E-state index in [1.54, 1.807) is 12.1 Å². The first-order valence-corrected chi connectivity index (χ1v) is 30.0. The Morgan fingerprint density at radius 3 is 1.35 bits per heavy atom. The Hall–Kier alpha value is -8.17. The Bertz CT molecular complexity index is 4390. The number of halogens is 10. The second-order valence-electron chi connectivity index (χ2n) is 17.9. The molecule has 0 spiro atoms. The lowest BCUT2D eigenvalue weighted by molar-refractivity contribution is -0.120. The number of amides is 3. The summed E-state index contributed by atoms with van der Waals surface area (Å²) in [6, 6.07) is 23.0. The van der Waals surface area contributed by atoms with E-state index in [1.165, 1.54) is 79.9 Å². The van der Waals surface area contributed by atoms with Crippen molar-refractivity contribution >= 4 is 128 Å². The maximum Gasteiger partial charge on any atom is 0.345 e. The van der Waals surface area contributed by atoms with Gasteiger partial charge in [0.1, 0.15) is 64.5 Å². The van der Waals surface area contributed by atoms with E-state index < -0.39 is 95.3 Å². The molecular formula is C56H49BrCl3F6N11O9S3. The standard InChI is InChI=1S/C18H15ClF2N4O3S.C18H11ClF2N4O3S.C17H11BrClF2N3O3S.3CH4/c2*1-25-17(18(26)23-12-4-5-14(20)13(19)7-12)8-16(24-29(25,27)28)10-2-3-11(9-22)15(21)6-10;1-24-16(17(25)22-10-3-5-13(20)12(19)7-10)8-15(23-28(24,26)27)9-2-4-11(18)14(21)6-9;;;/h2-7,16-17,24H,8H2,1H3,(H,23,26);2-8H,1H3,(H,23,26);2-8H,1H3,(H,22,25);3*1H4. The molecule has 0 saturated carbocycles. The molecule has 1 saturated heterocycles. The van der Waals surface area contributed by atoms with E-state index >= 15 is 0 Å². The molecule has 4 N–H and O–H groups in total. The molecular weight excluding hydrogens is 1370 g/mol. The highest BCUT2D eigenvalue weighted by Gasteiger charge is 2.41. The summed E-state index contributed by atoms with van der Waals surface area (Å²) in [4.78, 5) is 37.9. The molecule has 20 nitrogen and oxygen atoms in total. The number of hydrogen-bond acceptors (Lipinski definition) is 11. The average molecular weight is 1420 g/mol. The van der Waals surface area contributed by atoms with E-state index in [-0.39, 0.29) is 116 Å². The lowest BCUT2D eigenvalue weighted by atomic mass is 9.98. The van der Waals surface area contributed by atoms with Gasteiger partial charge in [-0.25, -0.2) is 35.0 Å². The predicted molar refractivity (Wildman–Crippen MR) is 330 cm³/mol. The van der Waals surface area contributed by atoms with Crippen LogP contribution in [0.4, 0.5) is 43.4 Å². The van der Waals surface area contributed by atoms with Crippen LogP contribution in [0.1, 0.15) is 62.6 Å². The molecule has 3 aliphatic rings. The van der Waals surface area contributed by atoms with Gasteiger partial charge in [0.2, 0.25) is 5.91 Å². The van der Waals surface area contributed by atoms with E-state index in [0.29, 0.717) is 8.61 Å². The number of benzene rings is 6. The molecule has 2 atom stereocenters. The molecule has 0 radical (unpaired) electrons. The zero-order chi connectivity index (χ0) is 63.3. The third-order valence-corrected chi connectivity index (χ3v) is 18.1. The average Bonchev–Trinajstić information content (AvgIpc) is 1.00. The largest absolute Gasteiger partial charge is 0.345 e. The Labute approximate surface area is 532 Å². The molecule has 9 rings (SSSR count). The van der Waals surface area contributed by atoms with Crippen LogP contribution in [0.2, 0.25) is 15.1 Å². The summed E-state index contributed by atoms with van der Waals surface area (Å²) in [5, 5.41) is 24.4. The lowest BCUT2D eigenvalue weighted by Gasteiger charge is -2.36. The minimum Gasteiger partial charge on any atom is -0.325 e. The first kappa shape index (κ1) is 73.3. The molecule has 89 heavy (non-hydrogen) atoms. The Kier molecular flexibility index (Phi) is 24.6. The summed E-state index contributed by atoms with van der Waals surface area (Å²) < 4.78 is 168. The molecule has 0 aliphatic carbocycles. The van der Waals surface area contributed by atoms with Gasteiger partial charge in [-0.1, -0.05) is 75.3 Å². The molecule has 1 fully saturated rings. The minimum atomic E-state index is -4.27. The molecule has 3 amide bonds. The van der Waals surface area contributed by atoms with Crippen molar-refractivity contribution in [2.45, 2.75) is 40.8 Å². The van der Waals surface area contributed by atoms with Gasteiger partial charge in [-0.05, 0) is 131 Å². The van der Waals surface area contributed by atoms with Gasteiger partial charge >= 0.3 is 20.4 Å². The normalized spacial score (nSPS) is 16.8. The molecule has 6 aromatic rings. The van der Waals surface area contributed by atoms with Gasteiger partial charge < -0.3 is 16.0 Å². The fourth-order valence-corrected chi connectivity index (χ4v) is 11.6. The van der Waals surface area contributed by atoms with E-state index in [2.05, 4.69) is 45.4 Å². The van der Waals surface area contributed by atoms with Crippen LogP contribution in [-0.2, 0) is 45.0 Å². The topological polar surface area (TPSA) is 284 Å². The van der Waals surface area contributed by atoms with E-state index in [0.717, 1.165) is 66.9 Å². The monoisotopic (exact) mass is 1410 g/mol. The lowest BCUT2D eigenvalue weighted by Crippen LogP contribution is -2.55. The summed E-state index contributed by atoms with van der Waals surface area (Å²) in [5.41, 5.74) is -0.224. The summed E-state index contributed by atoms with van der Waals surface area (Å²) in [5.74, 6) is -6.54. The van der Waals surface area contributed by atoms with Gasteiger partial charge in [-0.3, -0.25) is 14.4 Å². The van der Waals surface area contributed by atoms with Crippen LogP contribution in [0.3, 0.4) is 0 Å². The third kappa shape index (κ3) is 17.4. The molecule has 470 valence electrons. The van der Waals surface area contributed by atoms with Gasteiger partial charge in [0.25, 0.3) is 22.0 Å². The van der Waals surface area contributed by atoms with Crippen molar-refractivity contribution in [1.82, 2.24) is 17.6 Å². The smallest absolute Gasteiger partial charge is 0.325 e. The van der Waals surface area contributed by atoms with Crippen molar-refractivity contribution in [2.75, 3.05) is 37.1 Å². The van der Waals surface area contributed by atoms with Crippen molar-refractivity contribution in [1.29, 1.82) is 10.5 Å². The molecule has 0 aromatic heterocycles. The van der Waals surface area contributed by atoms with Crippen molar-refractivity contribution in [3.63, 3.8) is 0 Å². The van der Waals surface area contributed by atoms with Crippen molar-refractivity contribution in [3.8, 4) is 12.1 Å². The molecule has 6 aromatic carbocycles. The molecule has 3 aliphatic heterocycles. The quantitative estimate of drug-likeness (QED) is 0.0987. The second kappa shape index (κ2) is 29.9. The van der Waals surface area contributed by atoms with Gasteiger partial charge in [0.15, 0.2) is 0 Å². The van der Waals surface area contributed by atoms with Gasteiger partial charge in [-0.2, -0.15) is 44.8 Å². The number of allylic oxidation sites excluding steroid dienone is 2. The van der Waals surface area contributed by atoms with Crippen molar-refractivity contribution in [2.24, 2.45) is 8.80 Å². The third-order valence-electron chi connectivity index (χ3n) is 12.3. The minimum absolute atomic E-state index is 0. The number of carbonyl (C=O) groups is 3. The van der Waals surface area contributed by atoms with Crippen LogP contribution in [0.25, 0.3) is 0 Å². The first-order valence-electron chi connectivity index (χ1n) is 23.8. The molecule has 2 unspecified atom stereocenters. The summed E-state index contributed by atoms with van der Waals surface area (Å²) in [7, 11) is -9.01. The molecule has 0 bridgehead atoms. The summed E-state index contributed by atoms with van der Waals surface area (Å²) in [6.07, 6.45) is 2.37. The maximum atomic E-state index is 14.0. The fourth-order valence-electron chi connectivity index (χ4n) is 7.73. The van der Waals surface area contributed by atoms with E-state index in [9.17, 15) is 66.0 Å². The second-order valence-corrected chi connectivity index (χ2v) is 25.0. The van der Waals surface area contributed by atoms with E-state index in [1.807, 2.05) is 0 Å². The zero-order valence-electron chi connectivity index (χ0n) is 43.7. The van der Waals surface area contributed by atoms with Crippen LogP contribution in [0.15, 0.2) is 146 Å². The van der Waals surface area contributed by atoms with Crippen LogP contribution < -0.4 is 20.7 Å². The Morgan fingerprint density at radius 2 is 0.955 bits per heavy atom.